The number of hydrogen-bond donors (Lipinski definition) is 0. The third-order valence-corrected chi connectivity index (χ3v) is 21.5. The van der Waals surface area contributed by atoms with Crippen LogP contribution in [-0.2, 0) is 6.42 Å². The molecule has 1 aliphatic carbocycles. The summed E-state index contributed by atoms with van der Waals surface area (Å²) in [6.45, 7) is 0. The molecule has 2 aliphatic heterocycles. The van der Waals surface area contributed by atoms with Crippen molar-refractivity contribution in [2.45, 2.75) is 19.3 Å². The molecule has 7 nitrogen and oxygen atoms in total. The zero-order valence-corrected chi connectivity index (χ0v) is 42.8. The minimum absolute atomic E-state index is 0.0896. The number of benzene rings is 5. The average Bonchev–Trinajstić information content (AvgIpc) is 4.19. The maximum atomic E-state index is 11.0. The molecule has 9 aromatic rings. The summed E-state index contributed by atoms with van der Waals surface area (Å²) in [6.07, 6.45) is 9.99. The summed E-state index contributed by atoms with van der Waals surface area (Å²) < 4.78 is 12.6. The SMILES string of the molecule is N#C/C(=C\c1ccc(N2c3ccccc3[Se]c3ccccc32)[se]1)c1nc2ccccc2s1.N#CCc1nc2c(s1)=CCCC=2.O=Cc1ccc(N2c3ccccc3[Se]c3ccccc32)[se]1. The number of carbonyl (C=O) groups is 1. The van der Waals surface area contributed by atoms with Crippen molar-refractivity contribution in [2.75, 3.05) is 9.80 Å². The molecule has 3 aliphatic rings. The van der Waals surface area contributed by atoms with Crippen molar-refractivity contribution in [3.05, 3.63) is 174 Å². The van der Waals surface area contributed by atoms with Crippen molar-refractivity contribution in [2.24, 2.45) is 0 Å². The Hall–Kier alpha value is -5.61. The van der Waals surface area contributed by atoms with Crippen LogP contribution < -0.4 is 37.5 Å². The number of aldehydes is 1. The number of thiazole rings is 2. The predicted octanol–water partition coefficient (Wildman–Crippen LogP) is 7.41. The van der Waals surface area contributed by atoms with Gasteiger partial charge in [0.25, 0.3) is 0 Å². The van der Waals surface area contributed by atoms with E-state index in [9.17, 15) is 10.1 Å². The number of fused-ring (bicyclic) bond motifs is 6. The number of aromatic nitrogens is 2. The molecule has 0 saturated heterocycles. The average molecular weight is 1140 g/mol. The predicted molar refractivity (Wildman–Crippen MR) is 274 cm³/mol. The van der Waals surface area contributed by atoms with E-state index in [1.807, 2.05) is 30.3 Å². The molecule has 0 radical (unpaired) electrons. The van der Waals surface area contributed by atoms with E-state index < -0.39 is 0 Å². The number of nitriles is 2. The van der Waals surface area contributed by atoms with Gasteiger partial charge in [-0.2, -0.15) is 5.26 Å². The van der Waals surface area contributed by atoms with Crippen molar-refractivity contribution in [1.29, 1.82) is 10.5 Å². The van der Waals surface area contributed by atoms with Crippen LogP contribution in [-0.4, -0.2) is 75.2 Å². The Kier molecular flexibility index (Phi) is 13.2. The zero-order valence-electron chi connectivity index (χ0n) is 34.3. The molecule has 0 fully saturated rings. The van der Waals surface area contributed by atoms with E-state index in [2.05, 4.69) is 165 Å². The van der Waals surface area contributed by atoms with Gasteiger partial charge in [-0.25, -0.2) is 4.98 Å². The van der Waals surface area contributed by atoms with Gasteiger partial charge in [0.1, 0.15) is 5.01 Å². The third kappa shape index (κ3) is 9.29. The number of nitrogens with zero attached hydrogens (tertiary/aromatic N) is 6. The van der Waals surface area contributed by atoms with Crippen molar-refractivity contribution in [1.82, 2.24) is 9.97 Å². The second kappa shape index (κ2) is 19.9. The van der Waals surface area contributed by atoms with Crippen LogP contribution >= 0.6 is 22.7 Å². The zero-order chi connectivity index (χ0) is 44.1. The molecular weight excluding hydrogens is 1100 g/mol. The topological polar surface area (TPSA) is 96.9 Å². The molecule has 0 atom stereocenters. The van der Waals surface area contributed by atoms with Crippen LogP contribution in [0, 0.1) is 22.7 Å². The van der Waals surface area contributed by atoms with Crippen LogP contribution in [0.3, 0.4) is 0 Å². The summed E-state index contributed by atoms with van der Waals surface area (Å²) in [7, 11) is 0. The van der Waals surface area contributed by atoms with Crippen molar-refractivity contribution in [3.63, 3.8) is 0 Å². The monoisotopic (exact) mass is 1140 g/mol. The van der Waals surface area contributed by atoms with Gasteiger partial charge in [-0.3, -0.25) is 0 Å². The van der Waals surface area contributed by atoms with Crippen molar-refractivity contribution < 1.29 is 4.79 Å². The first-order valence-corrected chi connectivity index (χ1v) is 29.0. The van der Waals surface area contributed by atoms with Crippen LogP contribution in [0.2, 0.25) is 0 Å². The van der Waals surface area contributed by atoms with E-state index in [0.717, 1.165) is 49.1 Å². The first kappa shape index (κ1) is 43.3. The summed E-state index contributed by atoms with van der Waals surface area (Å²) in [6, 6.07) is 55.6. The van der Waals surface area contributed by atoms with Gasteiger partial charge in [-0.15, -0.1) is 11.3 Å². The van der Waals surface area contributed by atoms with Crippen molar-refractivity contribution >= 4 is 172 Å². The number of hydrogen-bond acceptors (Lipinski definition) is 9. The molecule has 65 heavy (non-hydrogen) atoms. The summed E-state index contributed by atoms with van der Waals surface area (Å²) in [5.41, 5.74) is 6.68. The molecule has 0 unspecified atom stereocenters. The summed E-state index contributed by atoms with van der Waals surface area (Å²) in [4.78, 5) is 24.8. The Morgan fingerprint density at radius 3 is 1.66 bits per heavy atom. The molecule has 13 heteroatoms. The molecule has 0 spiro atoms. The van der Waals surface area contributed by atoms with Gasteiger partial charge in [0.15, 0.2) is 0 Å². The summed E-state index contributed by atoms with van der Waals surface area (Å²) in [5, 5.41) is 21.1. The molecule has 5 aromatic carbocycles. The summed E-state index contributed by atoms with van der Waals surface area (Å²) >= 11 is 4.06. The van der Waals surface area contributed by atoms with E-state index in [4.69, 9.17) is 5.26 Å². The molecule has 4 aromatic heterocycles. The van der Waals surface area contributed by atoms with Gasteiger partial charge in [0.05, 0.1) is 22.4 Å². The van der Waals surface area contributed by atoms with Gasteiger partial charge < -0.3 is 0 Å². The number of allylic oxidation sites excluding steroid dienone is 1. The van der Waals surface area contributed by atoms with Crippen LogP contribution in [0.15, 0.2) is 146 Å². The number of para-hydroxylation sites is 5. The molecule has 0 bridgehead atoms. The molecule has 314 valence electrons. The maximum absolute atomic E-state index is 11.0. The van der Waals surface area contributed by atoms with E-state index >= 15 is 0 Å². The van der Waals surface area contributed by atoms with Crippen LogP contribution in [0.5, 0.6) is 0 Å². The minimum atomic E-state index is 0.0896. The molecule has 0 amide bonds. The third-order valence-electron chi connectivity index (χ3n) is 10.4. The van der Waals surface area contributed by atoms with E-state index in [0.29, 0.717) is 41.9 Å². The Bertz CT molecular complexity index is 3320. The van der Waals surface area contributed by atoms with Gasteiger partial charge >= 0.3 is 339 Å². The summed E-state index contributed by atoms with van der Waals surface area (Å²) in [5.74, 6) is 0. The van der Waals surface area contributed by atoms with Gasteiger partial charge in [0, 0.05) is 0 Å². The van der Waals surface area contributed by atoms with E-state index in [-0.39, 0.29) is 29.0 Å². The number of rotatable bonds is 6. The first-order valence-electron chi connectivity index (χ1n) is 20.5. The fraction of sp³-hybridized carbons (Fsp3) is 0.0577. The van der Waals surface area contributed by atoms with Crippen LogP contribution in [0.1, 0.15) is 36.5 Å². The van der Waals surface area contributed by atoms with Gasteiger partial charge in [-0.1, -0.05) is 12.2 Å². The van der Waals surface area contributed by atoms with E-state index in [1.54, 1.807) is 22.7 Å². The fourth-order valence-electron chi connectivity index (χ4n) is 7.48. The fourth-order valence-corrected chi connectivity index (χ4v) is 17.7. The second-order valence-electron chi connectivity index (χ2n) is 14.5. The molecule has 0 saturated carbocycles. The normalized spacial score (nSPS) is 13.0. The van der Waals surface area contributed by atoms with Gasteiger partial charge in [-0.05, 0) is 12.8 Å². The Labute approximate surface area is 408 Å². The Balaban J connectivity index is 0.000000129. The Morgan fingerprint density at radius 2 is 1.14 bits per heavy atom. The van der Waals surface area contributed by atoms with E-state index in [1.165, 1.54) is 58.7 Å². The van der Waals surface area contributed by atoms with Crippen LogP contribution in [0.4, 0.5) is 31.9 Å². The number of anilines is 6. The molecule has 6 heterocycles. The molecule has 0 N–H and O–H groups in total. The van der Waals surface area contributed by atoms with Gasteiger partial charge in [0.2, 0.25) is 0 Å². The van der Waals surface area contributed by atoms with Crippen molar-refractivity contribution in [3.8, 4) is 12.1 Å². The second-order valence-corrected chi connectivity index (χ2v) is 25.8. The number of carbonyl (C=O) groups excluding carboxylic acids is 1. The van der Waals surface area contributed by atoms with Crippen LogP contribution in [0.25, 0.3) is 34.0 Å². The molecule has 12 rings (SSSR count). The Morgan fingerprint density at radius 1 is 0.615 bits per heavy atom. The quantitative estimate of drug-likeness (QED) is 0.0973. The standard InChI is InChI=1S/C26H15N3SSe2.C17H11NOSe2.C9H8N2S/c27-16-17(26-28-19-7-1-4-10-22(19)30-26)15-18-13-14-25(31-18)29-20-8-2-5-11-23(20)32-24-12-6-3-9-21(24)29;19-11-12-9-10-17(20-12)18-13-5-1-3-7-15(13)21-16-8-4-2-6-14(16)18;10-6-5-9-11-7-3-1-2-4-8(7)12-9/h1-15H;1-11H;3-4H,1-2,5H2/b17-15+;;. The molecular formula is C52H34N6OS2Se4. The first-order chi connectivity index (χ1) is 32.1.